The Bertz CT molecular complexity index is 592. The molecular formula is C14H18BrN5O. The lowest BCUT2D eigenvalue weighted by Gasteiger charge is -2.37. The molecule has 0 aromatic carbocycles. The largest absolute Gasteiger partial charge is 0.424 e. The van der Waals surface area contributed by atoms with Gasteiger partial charge < -0.3 is 9.32 Å². The van der Waals surface area contributed by atoms with Crippen LogP contribution in [0.15, 0.2) is 27.2 Å². The van der Waals surface area contributed by atoms with E-state index in [9.17, 15) is 0 Å². The standard InChI is InChI=1S/C14H18BrN5O/c1-10(14-18-17-11(2)21-14)19-5-7-20(8-6-19)13-4-3-12(15)9-16-13/h3-4,9-10H,5-8H2,1-2H3. The second-order valence-electron chi connectivity index (χ2n) is 5.19. The van der Waals surface area contributed by atoms with Crippen LogP contribution in [0.1, 0.15) is 24.7 Å². The number of pyridine rings is 1. The molecule has 3 heterocycles. The summed E-state index contributed by atoms with van der Waals surface area (Å²) in [6, 6.07) is 4.23. The normalized spacial score (nSPS) is 18.0. The molecule has 0 radical (unpaired) electrons. The third kappa shape index (κ3) is 3.24. The van der Waals surface area contributed by atoms with E-state index in [0.717, 1.165) is 36.5 Å². The average molecular weight is 352 g/mol. The molecule has 1 atom stereocenters. The first-order chi connectivity index (χ1) is 10.1. The topological polar surface area (TPSA) is 58.3 Å². The fourth-order valence-electron chi connectivity index (χ4n) is 2.53. The molecule has 1 unspecified atom stereocenters. The fourth-order valence-corrected chi connectivity index (χ4v) is 2.76. The first-order valence-electron chi connectivity index (χ1n) is 7.04. The summed E-state index contributed by atoms with van der Waals surface area (Å²) in [7, 11) is 0. The number of piperazine rings is 1. The molecule has 1 aliphatic rings. The van der Waals surface area contributed by atoms with E-state index < -0.39 is 0 Å². The van der Waals surface area contributed by atoms with Gasteiger partial charge in [-0.05, 0) is 35.0 Å². The van der Waals surface area contributed by atoms with Crippen molar-refractivity contribution in [3.63, 3.8) is 0 Å². The summed E-state index contributed by atoms with van der Waals surface area (Å²) < 4.78 is 6.53. The zero-order valence-electron chi connectivity index (χ0n) is 12.2. The van der Waals surface area contributed by atoms with Crippen LogP contribution in [0.25, 0.3) is 0 Å². The highest BCUT2D eigenvalue weighted by Crippen LogP contribution is 2.22. The highest BCUT2D eigenvalue weighted by Gasteiger charge is 2.25. The Morgan fingerprint density at radius 2 is 1.95 bits per heavy atom. The van der Waals surface area contributed by atoms with Gasteiger partial charge in [-0.1, -0.05) is 0 Å². The van der Waals surface area contributed by atoms with Crippen LogP contribution in [0.2, 0.25) is 0 Å². The smallest absolute Gasteiger partial charge is 0.233 e. The molecule has 7 heteroatoms. The quantitative estimate of drug-likeness (QED) is 0.846. The second kappa shape index (κ2) is 6.11. The number of aryl methyl sites for hydroxylation is 1. The van der Waals surface area contributed by atoms with Crippen molar-refractivity contribution in [2.45, 2.75) is 19.9 Å². The van der Waals surface area contributed by atoms with Crippen LogP contribution < -0.4 is 4.90 Å². The lowest BCUT2D eigenvalue weighted by atomic mass is 10.2. The van der Waals surface area contributed by atoms with Crippen LogP contribution in [0.4, 0.5) is 5.82 Å². The van der Waals surface area contributed by atoms with Gasteiger partial charge in [0.15, 0.2) is 0 Å². The molecule has 1 aliphatic heterocycles. The molecule has 112 valence electrons. The Kier molecular flexibility index (Phi) is 4.21. The summed E-state index contributed by atoms with van der Waals surface area (Å²) in [5.74, 6) is 2.34. The average Bonchev–Trinajstić information content (AvgIpc) is 2.94. The molecule has 0 N–H and O–H groups in total. The lowest BCUT2D eigenvalue weighted by molar-refractivity contribution is 0.171. The summed E-state index contributed by atoms with van der Waals surface area (Å²) >= 11 is 3.41. The molecule has 2 aromatic rings. The van der Waals surface area contributed by atoms with Crippen molar-refractivity contribution in [1.29, 1.82) is 0 Å². The van der Waals surface area contributed by atoms with Crippen molar-refractivity contribution in [1.82, 2.24) is 20.1 Å². The summed E-state index contributed by atoms with van der Waals surface area (Å²) in [5, 5.41) is 8.02. The van der Waals surface area contributed by atoms with Crippen molar-refractivity contribution >= 4 is 21.7 Å². The van der Waals surface area contributed by atoms with Crippen LogP contribution in [0.3, 0.4) is 0 Å². The highest BCUT2D eigenvalue weighted by molar-refractivity contribution is 9.10. The van der Waals surface area contributed by atoms with Crippen molar-refractivity contribution < 1.29 is 4.42 Å². The summed E-state index contributed by atoms with van der Waals surface area (Å²) in [6.45, 7) is 7.75. The summed E-state index contributed by atoms with van der Waals surface area (Å²) in [5.41, 5.74) is 0. The molecule has 0 spiro atoms. The molecule has 1 fully saturated rings. The molecular weight excluding hydrogens is 334 g/mol. The van der Waals surface area contributed by atoms with Crippen molar-refractivity contribution in [3.05, 3.63) is 34.6 Å². The molecule has 1 saturated heterocycles. The van der Waals surface area contributed by atoms with Gasteiger partial charge in [0.25, 0.3) is 0 Å². The van der Waals surface area contributed by atoms with Gasteiger partial charge in [0.1, 0.15) is 5.82 Å². The molecule has 3 rings (SSSR count). The molecule has 21 heavy (non-hydrogen) atoms. The maximum absolute atomic E-state index is 5.53. The van der Waals surface area contributed by atoms with E-state index in [2.05, 4.69) is 47.8 Å². The Morgan fingerprint density at radius 3 is 2.52 bits per heavy atom. The van der Waals surface area contributed by atoms with E-state index in [4.69, 9.17) is 4.42 Å². The maximum atomic E-state index is 5.53. The van der Waals surface area contributed by atoms with E-state index in [-0.39, 0.29) is 6.04 Å². The Hall–Kier alpha value is -1.47. The third-order valence-electron chi connectivity index (χ3n) is 3.80. The minimum Gasteiger partial charge on any atom is -0.424 e. The molecule has 0 amide bonds. The van der Waals surface area contributed by atoms with Crippen LogP contribution in [-0.4, -0.2) is 46.3 Å². The van der Waals surface area contributed by atoms with Crippen molar-refractivity contribution in [3.8, 4) is 0 Å². The molecule has 0 saturated carbocycles. The van der Waals surface area contributed by atoms with Gasteiger partial charge >= 0.3 is 0 Å². The van der Waals surface area contributed by atoms with Gasteiger partial charge in [-0.3, -0.25) is 4.90 Å². The molecule has 6 nitrogen and oxygen atoms in total. The maximum Gasteiger partial charge on any atom is 0.233 e. The van der Waals surface area contributed by atoms with Gasteiger partial charge in [-0.2, -0.15) is 0 Å². The number of anilines is 1. The van der Waals surface area contributed by atoms with Gasteiger partial charge in [-0.15, -0.1) is 10.2 Å². The van der Waals surface area contributed by atoms with Gasteiger partial charge in [0.05, 0.1) is 6.04 Å². The van der Waals surface area contributed by atoms with E-state index in [1.165, 1.54) is 0 Å². The minimum atomic E-state index is 0.159. The molecule has 2 aromatic heterocycles. The number of rotatable bonds is 3. The fraction of sp³-hybridized carbons (Fsp3) is 0.500. The SMILES string of the molecule is Cc1nnc(C(C)N2CCN(c3ccc(Br)cn3)CC2)o1. The number of nitrogens with zero attached hydrogens (tertiary/aromatic N) is 5. The zero-order valence-corrected chi connectivity index (χ0v) is 13.7. The predicted octanol–water partition coefficient (Wildman–Crippen LogP) is 2.42. The van der Waals surface area contributed by atoms with E-state index in [0.29, 0.717) is 11.8 Å². The molecule has 0 bridgehead atoms. The Morgan fingerprint density at radius 1 is 1.19 bits per heavy atom. The van der Waals surface area contributed by atoms with Crippen molar-refractivity contribution in [2.75, 3.05) is 31.1 Å². The molecule has 0 aliphatic carbocycles. The third-order valence-corrected chi connectivity index (χ3v) is 4.27. The number of halogens is 1. The summed E-state index contributed by atoms with van der Waals surface area (Å²) in [6.07, 6.45) is 1.84. The van der Waals surface area contributed by atoms with Crippen molar-refractivity contribution in [2.24, 2.45) is 0 Å². The van der Waals surface area contributed by atoms with Gasteiger partial charge in [-0.25, -0.2) is 4.98 Å². The predicted molar refractivity (Wildman–Crippen MR) is 83.2 cm³/mol. The van der Waals surface area contributed by atoms with Crippen LogP contribution in [0.5, 0.6) is 0 Å². The Balaban J connectivity index is 1.61. The second-order valence-corrected chi connectivity index (χ2v) is 6.11. The lowest BCUT2D eigenvalue weighted by Crippen LogP contribution is -2.47. The highest BCUT2D eigenvalue weighted by atomic mass is 79.9. The Labute approximate surface area is 132 Å². The van der Waals surface area contributed by atoms with E-state index in [1.807, 2.05) is 25.3 Å². The van der Waals surface area contributed by atoms with Crippen LogP contribution in [-0.2, 0) is 0 Å². The first kappa shape index (κ1) is 14.5. The van der Waals surface area contributed by atoms with E-state index in [1.54, 1.807) is 0 Å². The van der Waals surface area contributed by atoms with Gasteiger partial charge in [0, 0.05) is 43.8 Å². The van der Waals surface area contributed by atoms with Crippen LogP contribution >= 0.6 is 15.9 Å². The zero-order chi connectivity index (χ0) is 14.8. The summed E-state index contributed by atoms with van der Waals surface area (Å²) in [4.78, 5) is 9.12. The van der Waals surface area contributed by atoms with Crippen LogP contribution in [0, 0.1) is 6.92 Å². The monoisotopic (exact) mass is 351 g/mol. The first-order valence-corrected chi connectivity index (χ1v) is 7.83. The minimum absolute atomic E-state index is 0.159. The van der Waals surface area contributed by atoms with E-state index >= 15 is 0 Å². The number of aromatic nitrogens is 3. The van der Waals surface area contributed by atoms with Gasteiger partial charge in [0.2, 0.25) is 11.8 Å². The number of hydrogen-bond donors (Lipinski definition) is 0. The number of hydrogen-bond acceptors (Lipinski definition) is 6.